The highest BCUT2D eigenvalue weighted by molar-refractivity contribution is 14.1. The summed E-state index contributed by atoms with van der Waals surface area (Å²) in [5, 5.41) is 0. The van der Waals surface area contributed by atoms with E-state index in [1.54, 1.807) is 44.8 Å². The van der Waals surface area contributed by atoms with Gasteiger partial charge in [-0.05, 0) is 37.2 Å². The molecule has 0 bridgehead atoms. The van der Waals surface area contributed by atoms with Gasteiger partial charge >= 0.3 is 0 Å². The summed E-state index contributed by atoms with van der Waals surface area (Å²) in [6, 6.07) is 8.37. The van der Waals surface area contributed by atoms with Crippen LogP contribution in [0.2, 0.25) is 0 Å². The topological polar surface area (TPSA) is 86.2 Å². The molecule has 0 unspecified atom stereocenters. The number of likely N-dealkylation sites (N-methyl/N-ethyl adjacent to an activating group) is 1. The van der Waals surface area contributed by atoms with Crippen molar-refractivity contribution in [2.24, 2.45) is 0 Å². The molecule has 1 saturated heterocycles. The van der Waals surface area contributed by atoms with E-state index in [1.807, 2.05) is 40.5 Å². The second-order valence-corrected chi connectivity index (χ2v) is 12.1. The molecule has 43 heavy (non-hydrogen) atoms. The molecule has 4 aromatic rings. The normalized spacial score (nSPS) is 13.7. The van der Waals surface area contributed by atoms with E-state index in [4.69, 9.17) is 14.5 Å². The van der Waals surface area contributed by atoms with Crippen LogP contribution in [-0.4, -0.2) is 92.6 Å². The third-order valence-electron chi connectivity index (χ3n) is 7.79. The van der Waals surface area contributed by atoms with Crippen molar-refractivity contribution in [3.63, 3.8) is 0 Å². The fourth-order valence-electron chi connectivity index (χ4n) is 5.24. The van der Waals surface area contributed by atoms with Crippen molar-refractivity contribution in [3.8, 4) is 11.5 Å². The Labute approximate surface area is 271 Å². The van der Waals surface area contributed by atoms with Crippen molar-refractivity contribution in [3.05, 3.63) is 48.4 Å². The number of nitrogens with zero attached hydrogens (tertiary/aromatic N) is 9. The van der Waals surface area contributed by atoms with Crippen molar-refractivity contribution < 1.29 is 9.47 Å². The Morgan fingerprint density at radius 2 is 1.67 bits per heavy atom. The largest absolute Gasteiger partial charge is 0.494 e. The second-order valence-electron chi connectivity index (χ2n) is 10.2. The summed E-state index contributed by atoms with van der Waals surface area (Å²) < 4.78 is 15.7. The zero-order chi connectivity index (χ0) is 30.7. The lowest BCUT2D eigenvalue weighted by atomic mass is 10.1. The Bertz CT molecular complexity index is 1590. The first-order valence-electron chi connectivity index (χ1n) is 14.1. The monoisotopic (exact) mass is 715 g/mol. The molecule has 1 fully saturated rings. The van der Waals surface area contributed by atoms with Gasteiger partial charge in [0.05, 0.1) is 65.9 Å². The maximum absolute atomic E-state index is 5.94. The number of benzene rings is 2. The molecule has 1 aliphatic rings. The minimum Gasteiger partial charge on any atom is -0.494 e. The van der Waals surface area contributed by atoms with Crippen LogP contribution in [0.5, 0.6) is 11.5 Å². The first-order valence-corrected chi connectivity index (χ1v) is 16.2. The van der Waals surface area contributed by atoms with Crippen LogP contribution in [0.15, 0.2) is 42.9 Å². The predicted molar refractivity (Wildman–Crippen MR) is 186 cm³/mol. The van der Waals surface area contributed by atoms with Gasteiger partial charge in [0.1, 0.15) is 11.3 Å². The van der Waals surface area contributed by atoms with Crippen LogP contribution in [0.1, 0.15) is 12.5 Å². The fraction of sp³-hybridized carbons (Fsp3) is 0.400. The van der Waals surface area contributed by atoms with E-state index in [0.717, 1.165) is 66.4 Å². The zero-order valence-corrected chi connectivity index (χ0v) is 28.7. The van der Waals surface area contributed by atoms with E-state index in [2.05, 4.69) is 78.0 Å². The van der Waals surface area contributed by atoms with Crippen molar-refractivity contribution in [2.45, 2.75) is 13.3 Å². The smallest absolute Gasteiger partial charge is 0.231 e. The third-order valence-corrected chi connectivity index (χ3v) is 9.50. The lowest BCUT2D eigenvalue weighted by Crippen LogP contribution is -2.44. The average molecular weight is 716 g/mol. The summed E-state index contributed by atoms with van der Waals surface area (Å²) in [7, 11) is 9.50. The SMILES string of the molecule is CCc1cc(N(C)c2ncc(OC)c(N(I)c3ccc4nccnc4c3N(C)SC)n2)c(OC)cc1N1CCN(C)CC1. The quantitative estimate of drug-likeness (QED) is 0.114. The summed E-state index contributed by atoms with van der Waals surface area (Å²) in [5.41, 5.74) is 6.84. The summed E-state index contributed by atoms with van der Waals surface area (Å²) in [4.78, 5) is 25.7. The number of fused-ring (bicyclic) bond motifs is 1. The molecule has 13 heteroatoms. The lowest BCUT2D eigenvalue weighted by molar-refractivity contribution is 0.312. The van der Waals surface area contributed by atoms with Crippen LogP contribution in [-0.2, 0) is 6.42 Å². The molecule has 228 valence electrons. The van der Waals surface area contributed by atoms with Crippen LogP contribution >= 0.6 is 34.8 Å². The van der Waals surface area contributed by atoms with Gasteiger partial charge in [0.15, 0.2) is 11.6 Å². The van der Waals surface area contributed by atoms with E-state index in [1.165, 1.54) is 11.3 Å². The molecule has 3 heterocycles. The highest BCUT2D eigenvalue weighted by Gasteiger charge is 2.25. The number of aromatic nitrogens is 4. The van der Waals surface area contributed by atoms with Crippen molar-refractivity contribution in [2.75, 3.05) is 85.0 Å². The lowest BCUT2D eigenvalue weighted by Gasteiger charge is -2.36. The van der Waals surface area contributed by atoms with E-state index in [0.29, 0.717) is 17.5 Å². The number of hydrogen-bond donors (Lipinski definition) is 0. The minimum atomic E-state index is 0.519. The molecule has 0 atom stereocenters. The molecule has 11 nitrogen and oxygen atoms in total. The van der Waals surface area contributed by atoms with Crippen LogP contribution in [0.25, 0.3) is 11.0 Å². The van der Waals surface area contributed by atoms with Crippen LogP contribution in [0.4, 0.5) is 34.5 Å². The van der Waals surface area contributed by atoms with Gasteiger partial charge in [0, 0.05) is 70.7 Å². The number of methoxy groups -OCH3 is 2. The molecule has 0 spiro atoms. The van der Waals surface area contributed by atoms with Gasteiger partial charge < -0.3 is 28.5 Å². The fourth-order valence-corrected chi connectivity index (χ4v) is 6.34. The number of aryl methyl sites for hydroxylation is 1. The number of piperazine rings is 1. The Hall–Kier alpha value is -3.30. The van der Waals surface area contributed by atoms with Gasteiger partial charge in [-0.3, -0.25) is 13.1 Å². The summed E-state index contributed by atoms with van der Waals surface area (Å²) in [6.45, 7) is 6.26. The second kappa shape index (κ2) is 13.6. The Balaban J connectivity index is 1.56. The summed E-state index contributed by atoms with van der Waals surface area (Å²) in [5.74, 6) is 2.46. The number of hydrogen-bond acceptors (Lipinski definition) is 12. The molecule has 0 amide bonds. The van der Waals surface area contributed by atoms with Crippen molar-refractivity contribution in [1.82, 2.24) is 24.8 Å². The molecule has 0 radical (unpaired) electrons. The zero-order valence-electron chi connectivity index (χ0n) is 25.7. The Morgan fingerprint density at radius 1 is 0.953 bits per heavy atom. The number of ether oxygens (including phenoxy) is 2. The van der Waals surface area contributed by atoms with Gasteiger partial charge in [0.25, 0.3) is 0 Å². The Kier molecular flexibility index (Phi) is 9.82. The molecule has 0 N–H and O–H groups in total. The molecular weight excluding hydrogens is 677 g/mol. The molecular formula is C30H38IN9O2S. The van der Waals surface area contributed by atoms with Gasteiger partial charge in [-0.15, -0.1) is 0 Å². The molecule has 2 aromatic heterocycles. The molecule has 2 aromatic carbocycles. The molecule has 5 rings (SSSR count). The van der Waals surface area contributed by atoms with E-state index < -0.39 is 0 Å². The minimum absolute atomic E-state index is 0.519. The highest BCUT2D eigenvalue weighted by Crippen LogP contribution is 2.45. The molecule has 0 aliphatic carbocycles. The number of halogens is 1. The van der Waals surface area contributed by atoms with E-state index in [-0.39, 0.29) is 0 Å². The van der Waals surface area contributed by atoms with Gasteiger partial charge in [0.2, 0.25) is 5.95 Å². The molecule has 1 aliphatic heterocycles. The summed E-state index contributed by atoms with van der Waals surface area (Å²) in [6.07, 6.45) is 8.07. The van der Waals surface area contributed by atoms with Crippen LogP contribution < -0.4 is 26.7 Å². The summed E-state index contributed by atoms with van der Waals surface area (Å²) >= 11 is 3.86. The first kappa shape index (κ1) is 31.1. The predicted octanol–water partition coefficient (Wildman–Crippen LogP) is 5.72. The number of rotatable bonds is 10. The number of anilines is 6. The van der Waals surface area contributed by atoms with Crippen molar-refractivity contribution in [1.29, 1.82) is 0 Å². The van der Waals surface area contributed by atoms with Gasteiger partial charge in [-0.25, -0.2) is 4.98 Å². The van der Waals surface area contributed by atoms with Crippen LogP contribution in [0, 0.1) is 0 Å². The van der Waals surface area contributed by atoms with E-state index >= 15 is 0 Å². The highest BCUT2D eigenvalue weighted by atomic mass is 127. The maximum atomic E-state index is 5.94. The first-order chi connectivity index (χ1) is 20.8. The molecule has 0 saturated carbocycles. The van der Waals surface area contributed by atoms with E-state index in [9.17, 15) is 0 Å². The third kappa shape index (κ3) is 6.20. The maximum Gasteiger partial charge on any atom is 0.231 e. The average Bonchev–Trinajstić information content (AvgIpc) is 3.06. The standard InChI is InChI=1S/C30H38IN9O2S/c1-8-20-17-24(25(41-5)18-23(20)39-15-13-36(2)14-16-39)37(3)30-34-19-26(42-6)29(35-30)40(31)22-10-9-21-27(33-12-11-32-21)28(22)38(4)43-7/h9-12,17-19H,8,13-16H2,1-7H3. The van der Waals surface area contributed by atoms with Gasteiger partial charge in [-0.1, -0.05) is 18.9 Å². The van der Waals surface area contributed by atoms with Crippen molar-refractivity contribution >= 4 is 80.4 Å². The van der Waals surface area contributed by atoms with Crippen LogP contribution in [0.3, 0.4) is 0 Å². The van der Waals surface area contributed by atoms with Gasteiger partial charge in [-0.2, -0.15) is 4.98 Å². The Morgan fingerprint density at radius 3 is 2.35 bits per heavy atom.